The molecule has 1 aliphatic rings. The fourth-order valence-electron chi connectivity index (χ4n) is 3.07. The van der Waals surface area contributed by atoms with Gasteiger partial charge in [-0.1, -0.05) is 41.0 Å². The van der Waals surface area contributed by atoms with Crippen LogP contribution in [0.5, 0.6) is 0 Å². The van der Waals surface area contributed by atoms with Gasteiger partial charge in [0.1, 0.15) is 0 Å². The fraction of sp³-hybridized carbons (Fsp3) is 1.00. The molecule has 0 amide bonds. The van der Waals surface area contributed by atoms with Crippen molar-refractivity contribution in [2.75, 3.05) is 0 Å². The Balaban J connectivity index is 2.77. The normalized spacial score (nSPS) is 44.4. The number of hydrogen-bond acceptors (Lipinski definition) is 1. The van der Waals surface area contributed by atoms with Gasteiger partial charge in [-0.05, 0) is 36.0 Å². The van der Waals surface area contributed by atoms with Crippen LogP contribution in [0, 0.1) is 23.2 Å². The standard InChI is InChI=1S/C13H27N/c1-6-11-7-8-13(5,9(2)3)12(14)10(11)4/h9-12H,6-8,14H2,1-5H3/t10?,11?,12?,13-/m1/s1. The molecule has 2 N–H and O–H groups in total. The van der Waals surface area contributed by atoms with E-state index in [2.05, 4.69) is 34.6 Å². The highest BCUT2D eigenvalue weighted by atomic mass is 14.7. The molecule has 0 bridgehead atoms. The van der Waals surface area contributed by atoms with Gasteiger partial charge in [-0.25, -0.2) is 0 Å². The van der Waals surface area contributed by atoms with Crippen LogP contribution in [0.15, 0.2) is 0 Å². The van der Waals surface area contributed by atoms with E-state index < -0.39 is 0 Å². The molecule has 0 aromatic carbocycles. The molecule has 84 valence electrons. The molecule has 0 saturated heterocycles. The van der Waals surface area contributed by atoms with Crippen molar-refractivity contribution in [3.8, 4) is 0 Å². The summed E-state index contributed by atoms with van der Waals surface area (Å²) in [7, 11) is 0. The van der Waals surface area contributed by atoms with Gasteiger partial charge in [-0.3, -0.25) is 0 Å². The van der Waals surface area contributed by atoms with Crippen LogP contribution < -0.4 is 5.73 Å². The van der Waals surface area contributed by atoms with Crippen LogP contribution in [0.25, 0.3) is 0 Å². The predicted octanol–water partition coefficient (Wildman–Crippen LogP) is 3.43. The lowest BCUT2D eigenvalue weighted by atomic mass is 9.59. The molecule has 1 saturated carbocycles. The van der Waals surface area contributed by atoms with Gasteiger partial charge >= 0.3 is 0 Å². The molecule has 0 spiro atoms. The third kappa shape index (κ3) is 1.84. The van der Waals surface area contributed by atoms with Crippen LogP contribution in [0.1, 0.15) is 53.9 Å². The molecule has 1 fully saturated rings. The van der Waals surface area contributed by atoms with Crippen molar-refractivity contribution in [3.05, 3.63) is 0 Å². The zero-order chi connectivity index (χ0) is 10.9. The SMILES string of the molecule is CCC1CC[C@](C)(C(C)C)C(N)C1C. The summed E-state index contributed by atoms with van der Waals surface area (Å²) < 4.78 is 0. The highest BCUT2D eigenvalue weighted by Crippen LogP contribution is 2.46. The topological polar surface area (TPSA) is 26.0 Å². The second kappa shape index (κ2) is 4.22. The summed E-state index contributed by atoms with van der Waals surface area (Å²) in [5.41, 5.74) is 6.79. The van der Waals surface area contributed by atoms with Gasteiger partial charge in [0.2, 0.25) is 0 Å². The molecule has 0 aromatic rings. The molecule has 0 aliphatic heterocycles. The summed E-state index contributed by atoms with van der Waals surface area (Å²) >= 11 is 0. The Morgan fingerprint density at radius 1 is 1.43 bits per heavy atom. The van der Waals surface area contributed by atoms with Crippen molar-refractivity contribution in [3.63, 3.8) is 0 Å². The molecule has 1 aliphatic carbocycles. The second-order valence-electron chi connectivity index (χ2n) is 5.75. The van der Waals surface area contributed by atoms with Crippen molar-refractivity contribution < 1.29 is 0 Å². The molecular formula is C13H27N. The van der Waals surface area contributed by atoms with Crippen LogP contribution in [0.3, 0.4) is 0 Å². The summed E-state index contributed by atoms with van der Waals surface area (Å²) in [4.78, 5) is 0. The average Bonchev–Trinajstić information content (AvgIpc) is 2.14. The van der Waals surface area contributed by atoms with Gasteiger partial charge in [0, 0.05) is 6.04 Å². The first-order valence-electron chi connectivity index (χ1n) is 6.19. The zero-order valence-corrected chi connectivity index (χ0v) is 10.5. The Bertz CT molecular complexity index is 188. The molecule has 4 atom stereocenters. The first-order valence-corrected chi connectivity index (χ1v) is 6.19. The lowest BCUT2D eigenvalue weighted by Crippen LogP contribution is -2.52. The Kier molecular flexibility index (Phi) is 3.63. The maximum atomic E-state index is 6.42. The van der Waals surface area contributed by atoms with Crippen molar-refractivity contribution >= 4 is 0 Å². The van der Waals surface area contributed by atoms with Crippen molar-refractivity contribution in [2.45, 2.75) is 59.9 Å². The lowest BCUT2D eigenvalue weighted by Gasteiger charge is -2.49. The highest BCUT2D eigenvalue weighted by molar-refractivity contribution is 4.96. The summed E-state index contributed by atoms with van der Waals surface area (Å²) in [6.45, 7) is 11.7. The minimum absolute atomic E-state index is 0.366. The Labute approximate surface area is 89.5 Å². The number of rotatable bonds is 2. The van der Waals surface area contributed by atoms with E-state index in [0.29, 0.717) is 23.3 Å². The highest BCUT2D eigenvalue weighted by Gasteiger charge is 2.43. The molecule has 1 rings (SSSR count). The summed E-state index contributed by atoms with van der Waals surface area (Å²) in [6, 6.07) is 0.390. The molecule has 3 unspecified atom stereocenters. The summed E-state index contributed by atoms with van der Waals surface area (Å²) in [5.74, 6) is 2.26. The van der Waals surface area contributed by atoms with Crippen LogP contribution in [-0.4, -0.2) is 6.04 Å². The van der Waals surface area contributed by atoms with E-state index >= 15 is 0 Å². The Morgan fingerprint density at radius 2 is 2.00 bits per heavy atom. The molecule has 0 aromatic heterocycles. The van der Waals surface area contributed by atoms with Gasteiger partial charge in [0.15, 0.2) is 0 Å². The van der Waals surface area contributed by atoms with E-state index in [0.717, 1.165) is 5.92 Å². The summed E-state index contributed by atoms with van der Waals surface area (Å²) in [6.07, 6.45) is 3.98. The second-order valence-corrected chi connectivity index (χ2v) is 5.75. The van der Waals surface area contributed by atoms with E-state index in [1.165, 1.54) is 19.3 Å². The molecule has 0 heterocycles. The van der Waals surface area contributed by atoms with Gasteiger partial charge in [0.25, 0.3) is 0 Å². The van der Waals surface area contributed by atoms with Crippen LogP contribution in [0.2, 0.25) is 0 Å². The molecular weight excluding hydrogens is 170 g/mol. The average molecular weight is 197 g/mol. The molecule has 1 nitrogen and oxygen atoms in total. The van der Waals surface area contributed by atoms with E-state index in [-0.39, 0.29) is 0 Å². The van der Waals surface area contributed by atoms with E-state index in [1.807, 2.05) is 0 Å². The first kappa shape index (κ1) is 12.0. The maximum Gasteiger partial charge on any atom is 0.0124 e. The quantitative estimate of drug-likeness (QED) is 0.721. The van der Waals surface area contributed by atoms with Crippen LogP contribution >= 0.6 is 0 Å². The van der Waals surface area contributed by atoms with Gasteiger partial charge in [-0.2, -0.15) is 0 Å². The van der Waals surface area contributed by atoms with Crippen molar-refractivity contribution in [1.29, 1.82) is 0 Å². The third-order valence-electron chi connectivity index (χ3n) is 4.97. The van der Waals surface area contributed by atoms with Crippen LogP contribution in [0.4, 0.5) is 0 Å². The first-order chi connectivity index (χ1) is 6.43. The molecule has 14 heavy (non-hydrogen) atoms. The predicted molar refractivity (Wildman–Crippen MR) is 63.1 cm³/mol. The number of hydrogen-bond donors (Lipinski definition) is 1. The van der Waals surface area contributed by atoms with Gasteiger partial charge in [-0.15, -0.1) is 0 Å². The summed E-state index contributed by atoms with van der Waals surface area (Å²) in [5, 5.41) is 0. The van der Waals surface area contributed by atoms with Gasteiger partial charge in [0.05, 0.1) is 0 Å². The largest absolute Gasteiger partial charge is 0.327 e. The van der Waals surface area contributed by atoms with Gasteiger partial charge < -0.3 is 5.73 Å². The van der Waals surface area contributed by atoms with E-state index in [9.17, 15) is 0 Å². The van der Waals surface area contributed by atoms with Crippen LogP contribution in [-0.2, 0) is 0 Å². The third-order valence-corrected chi connectivity index (χ3v) is 4.97. The number of nitrogens with two attached hydrogens (primary N) is 1. The van der Waals surface area contributed by atoms with Crippen molar-refractivity contribution in [2.24, 2.45) is 28.9 Å². The van der Waals surface area contributed by atoms with E-state index in [1.54, 1.807) is 0 Å². The molecule has 0 radical (unpaired) electrons. The molecule has 1 heteroatoms. The lowest BCUT2D eigenvalue weighted by molar-refractivity contribution is 0.0379. The smallest absolute Gasteiger partial charge is 0.0124 e. The maximum absolute atomic E-state index is 6.42. The minimum Gasteiger partial charge on any atom is -0.327 e. The zero-order valence-electron chi connectivity index (χ0n) is 10.5. The van der Waals surface area contributed by atoms with E-state index in [4.69, 9.17) is 5.73 Å². The minimum atomic E-state index is 0.366. The fourth-order valence-corrected chi connectivity index (χ4v) is 3.07. The Hall–Kier alpha value is -0.0400. The van der Waals surface area contributed by atoms with Crippen molar-refractivity contribution in [1.82, 2.24) is 0 Å². The monoisotopic (exact) mass is 197 g/mol. The Morgan fingerprint density at radius 3 is 2.43 bits per heavy atom.